The number of nitrogens with one attached hydrogen (secondary N) is 1. The molecule has 1 N–H and O–H groups in total. The summed E-state index contributed by atoms with van der Waals surface area (Å²) in [6.45, 7) is 4.43. The highest BCUT2D eigenvalue weighted by atomic mass is 79.9. The van der Waals surface area contributed by atoms with Gasteiger partial charge in [-0.2, -0.15) is 0 Å². The third-order valence-corrected chi connectivity index (χ3v) is 5.86. The lowest BCUT2D eigenvalue weighted by atomic mass is 10.1. The SMILES string of the molecule is Brc1csc([C@@H](c2cccs2)N2CCNCC2)c1.Cl.Cl. The van der Waals surface area contributed by atoms with E-state index in [9.17, 15) is 0 Å². The molecule has 0 amide bonds. The van der Waals surface area contributed by atoms with Crippen LogP contribution in [0.5, 0.6) is 0 Å². The number of nitrogens with zero attached hydrogens (tertiary/aromatic N) is 1. The van der Waals surface area contributed by atoms with E-state index in [1.807, 2.05) is 22.7 Å². The summed E-state index contributed by atoms with van der Waals surface area (Å²) in [5, 5.41) is 7.78. The summed E-state index contributed by atoms with van der Waals surface area (Å²) in [5.74, 6) is 0. The van der Waals surface area contributed by atoms with Crippen molar-refractivity contribution in [2.24, 2.45) is 0 Å². The lowest BCUT2D eigenvalue weighted by Gasteiger charge is -2.33. The van der Waals surface area contributed by atoms with E-state index < -0.39 is 0 Å². The molecule has 0 aromatic carbocycles. The molecular formula is C13H17BrCl2N2S2. The highest BCUT2D eigenvalue weighted by molar-refractivity contribution is 9.10. The first-order valence-corrected chi connectivity index (χ1v) is 8.62. The Bertz CT molecular complexity index is 498. The Hall–Kier alpha value is 0.380. The van der Waals surface area contributed by atoms with Gasteiger partial charge in [0, 0.05) is 45.8 Å². The fourth-order valence-corrected chi connectivity index (χ4v) is 4.91. The molecule has 1 aliphatic rings. The predicted octanol–water partition coefficient (Wildman–Crippen LogP) is 4.41. The van der Waals surface area contributed by atoms with E-state index in [1.54, 1.807) is 0 Å². The molecule has 1 aliphatic heterocycles. The van der Waals surface area contributed by atoms with Crippen molar-refractivity contribution in [3.05, 3.63) is 43.2 Å². The van der Waals surface area contributed by atoms with Crippen LogP contribution in [0.3, 0.4) is 0 Å². The molecule has 2 nitrogen and oxygen atoms in total. The van der Waals surface area contributed by atoms with Crippen LogP contribution in [0.25, 0.3) is 0 Å². The number of thiophene rings is 2. The molecule has 3 rings (SSSR count). The van der Waals surface area contributed by atoms with Crippen LogP contribution in [0.15, 0.2) is 33.4 Å². The van der Waals surface area contributed by atoms with E-state index in [0.717, 1.165) is 26.2 Å². The summed E-state index contributed by atoms with van der Waals surface area (Å²) in [5.41, 5.74) is 0. The van der Waals surface area contributed by atoms with E-state index >= 15 is 0 Å². The van der Waals surface area contributed by atoms with Crippen LogP contribution < -0.4 is 5.32 Å². The molecule has 1 saturated heterocycles. The van der Waals surface area contributed by atoms with Gasteiger partial charge in [-0.15, -0.1) is 47.5 Å². The Balaban J connectivity index is 0.000001000. The quantitative estimate of drug-likeness (QED) is 0.798. The zero-order valence-corrected chi connectivity index (χ0v) is 15.6. The molecule has 112 valence electrons. The predicted molar refractivity (Wildman–Crippen MR) is 97.1 cm³/mol. The number of halogens is 3. The van der Waals surface area contributed by atoms with Crippen LogP contribution >= 0.6 is 63.4 Å². The second kappa shape index (κ2) is 8.73. The standard InChI is InChI=1S/C13H15BrN2S2.2ClH/c14-10-8-12(18-9-10)13(11-2-1-7-17-11)16-5-3-15-4-6-16;;/h1-2,7-9,13,15H,3-6H2;2*1H/t13-;;/m1../s1. The molecule has 0 radical (unpaired) electrons. The molecule has 0 saturated carbocycles. The number of rotatable bonds is 3. The highest BCUT2D eigenvalue weighted by Gasteiger charge is 2.25. The first kappa shape index (κ1) is 18.4. The zero-order valence-electron chi connectivity index (χ0n) is 10.8. The van der Waals surface area contributed by atoms with Gasteiger partial charge in [-0.1, -0.05) is 6.07 Å². The lowest BCUT2D eigenvalue weighted by molar-refractivity contribution is 0.203. The average molecular weight is 416 g/mol. The minimum Gasteiger partial charge on any atom is -0.314 e. The minimum atomic E-state index is 0. The molecular weight excluding hydrogens is 399 g/mol. The Morgan fingerprint density at radius 1 is 1.15 bits per heavy atom. The molecule has 0 unspecified atom stereocenters. The van der Waals surface area contributed by atoms with Crippen molar-refractivity contribution in [3.63, 3.8) is 0 Å². The van der Waals surface area contributed by atoms with Crippen molar-refractivity contribution in [1.29, 1.82) is 0 Å². The molecule has 3 heterocycles. The maximum Gasteiger partial charge on any atom is 0.0791 e. The summed E-state index contributed by atoms with van der Waals surface area (Å²) in [4.78, 5) is 5.47. The maximum absolute atomic E-state index is 3.57. The van der Waals surface area contributed by atoms with Gasteiger partial charge in [-0.3, -0.25) is 4.90 Å². The largest absolute Gasteiger partial charge is 0.314 e. The van der Waals surface area contributed by atoms with Crippen LogP contribution in [-0.4, -0.2) is 31.1 Å². The number of hydrogen-bond acceptors (Lipinski definition) is 4. The molecule has 0 spiro atoms. The summed E-state index contributed by atoms with van der Waals surface area (Å²) in [6, 6.07) is 7.10. The number of hydrogen-bond donors (Lipinski definition) is 1. The van der Waals surface area contributed by atoms with Crippen molar-refractivity contribution in [3.8, 4) is 0 Å². The zero-order chi connectivity index (χ0) is 12.4. The van der Waals surface area contributed by atoms with Gasteiger partial charge < -0.3 is 5.32 Å². The van der Waals surface area contributed by atoms with Crippen LogP contribution in [0.2, 0.25) is 0 Å². The monoisotopic (exact) mass is 414 g/mol. The first-order chi connectivity index (χ1) is 8.84. The van der Waals surface area contributed by atoms with Gasteiger partial charge in [-0.25, -0.2) is 0 Å². The molecule has 7 heteroatoms. The molecule has 1 fully saturated rings. The molecule has 0 bridgehead atoms. The lowest BCUT2D eigenvalue weighted by Crippen LogP contribution is -2.45. The van der Waals surface area contributed by atoms with Gasteiger partial charge in [0.25, 0.3) is 0 Å². The molecule has 2 aromatic rings. The molecule has 1 atom stereocenters. The van der Waals surface area contributed by atoms with E-state index in [4.69, 9.17) is 0 Å². The smallest absolute Gasteiger partial charge is 0.0791 e. The third kappa shape index (κ3) is 4.19. The van der Waals surface area contributed by atoms with Crippen LogP contribution in [0, 0.1) is 0 Å². The van der Waals surface area contributed by atoms with Gasteiger partial charge in [0.15, 0.2) is 0 Å². The van der Waals surface area contributed by atoms with Crippen molar-refractivity contribution >= 4 is 63.4 Å². The van der Waals surface area contributed by atoms with Gasteiger partial charge in [0.05, 0.1) is 6.04 Å². The van der Waals surface area contributed by atoms with E-state index in [1.165, 1.54) is 14.2 Å². The summed E-state index contributed by atoms with van der Waals surface area (Å²) in [7, 11) is 0. The van der Waals surface area contributed by atoms with Crippen LogP contribution in [-0.2, 0) is 0 Å². The summed E-state index contributed by atoms with van der Waals surface area (Å²) >= 11 is 7.28. The Morgan fingerprint density at radius 2 is 1.90 bits per heavy atom. The van der Waals surface area contributed by atoms with Crippen molar-refractivity contribution in [1.82, 2.24) is 10.2 Å². The topological polar surface area (TPSA) is 15.3 Å². The Morgan fingerprint density at radius 3 is 2.45 bits per heavy atom. The van der Waals surface area contributed by atoms with Crippen molar-refractivity contribution < 1.29 is 0 Å². The fraction of sp³-hybridized carbons (Fsp3) is 0.385. The molecule has 0 aliphatic carbocycles. The summed E-state index contributed by atoms with van der Waals surface area (Å²) < 4.78 is 1.19. The van der Waals surface area contributed by atoms with Gasteiger partial charge >= 0.3 is 0 Å². The minimum absolute atomic E-state index is 0. The Kier molecular flexibility index (Phi) is 8.05. The van der Waals surface area contributed by atoms with Crippen molar-refractivity contribution in [2.75, 3.05) is 26.2 Å². The highest BCUT2D eigenvalue weighted by Crippen LogP contribution is 2.36. The van der Waals surface area contributed by atoms with Crippen LogP contribution in [0.4, 0.5) is 0 Å². The molecule has 20 heavy (non-hydrogen) atoms. The van der Waals surface area contributed by atoms with Gasteiger partial charge in [0.2, 0.25) is 0 Å². The second-order valence-corrected chi connectivity index (χ2v) is 7.21. The van der Waals surface area contributed by atoms with E-state index in [-0.39, 0.29) is 24.8 Å². The first-order valence-electron chi connectivity index (χ1n) is 6.07. The van der Waals surface area contributed by atoms with Crippen LogP contribution in [0.1, 0.15) is 15.8 Å². The number of piperazine rings is 1. The average Bonchev–Trinajstić information content (AvgIpc) is 3.04. The van der Waals surface area contributed by atoms with Gasteiger partial charge in [-0.05, 0) is 33.4 Å². The normalized spacial score (nSPS) is 17.1. The fourth-order valence-electron chi connectivity index (χ4n) is 2.36. The third-order valence-electron chi connectivity index (χ3n) is 3.19. The maximum atomic E-state index is 3.57. The van der Waals surface area contributed by atoms with Crippen molar-refractivity contribution in [2.45, 2.75) is 6.04 Å². The second-order valence-electron chi connectivity index (χ2n) is 4.37. The van der Waals surface area contributed by atoms with Gasteiger partial charge in [0.1, 0.15) is 0 Å². The Labute approximate surface area is 148 Å². The van der Waals surface area contributed by atoms with E-state index in [2.05, 4.69) is 55.1 Å². The molecule has 2 aromatic heterocycles. The van der Waals surface area contributed by atoms with E-state index in [0.29, 0.717) is 6.04 Å². The summed E-state index contributed by atoms with van der Waals surface area (Å²) in [6.07, 6.45) is 0.